The van der Waals surface area contributed by atoms with Crippen molar-refractivity contribution in [2.24, 2.45) is 5.73 Å². The summed E-state index contributed by atoms with van der Waals surface area (Å²) in [5.74, 6) is -2.60. The van der Waals surface area contributed by atoms with Gasteiger partial charge in [-0.05, 0) is 37.7 Å². The van der Waals surface area contributed by atoms with Gasteiger partial charge in [0.15, 0.2) is 0 Å². The number of carbonyl (C=O) groups excluding carboxylic acids is 3. The van der Waals surface area contributed by atoms with Crippen LogP contribution < -0.4 is 11.1 Å². The van der Waals surface area contributed by atoms with Crippen molar-refractivity contribution >= 4 is 23.7 Å². The third kappa shape index (κ3) is 5.25. The predicted octanol–water partition coefficient (Wildman–Crippen LogP) is -0.900. The Morgan fingerprint density at radius 3 is 2.28 bits per heavy atom. The maximum absolute atomic E-state index is 13.1. The average Bonchev–Trinajstić information content (AvgIpc) is 3.47. The van der Waals surface area contributed by atoms with Crippen molar-refractivity contribution < 1.29 is 29.4 Å². The highest BCUT2D eigenvalue weighted by Gasteiger charge is 2.43. The van der Waals surface area contributed by atoms with Crippen LogP contribution in [0, 0.1) is 0 Å². The van der Waals surface area contributed by atoms with Gasteiger partial charge in [-0.2, -0.15) is 0 Å². The largest absolute Gasteiger partial charge is 0.480 e. The summed E-state index contributed by atoms with van der Waals surface area (Å²) in [7, 11) is 0. The topological polar surface area (TPSA) is 153 Å². The SMILES string of the molecule is NC(Cc1ccccc1)C(=O)NC(CO)C(=O)N1CCCC1C(=O)N1CCCC1C(=O)O. The lowest BCUT2D eigenvalue weighted by Crippen LogP contribution is -2.58. The Morgan fingerprint density at radius 2 is 1.66 bits per heavy atom. The fourth-order valence-corrected chi connectivity index (χ4v) is 4.39. The lowest BCUT2D eigenvalue weighted by atomic mass is 10.1. The molecule has 0 spiro atoms. The maximum atomic E-state index is 13.1. The zero-order valence-electron chi connectivity index (χ0n) is 17.9. The molecule has 2 saturated heterocycles. The Labute approximate surface area is 186 Å². The summed E-state index contributed by atoms with van der Waals surface area (Å²) >= 11 is 0. The molecule has 0 aromatic heterocycles. The molecule has 2 fully saturated rings. The number of nitrogens with zero attached hydrogens (tertiary/aromatic N) is 2. The van der Waals surface area contributed by atoms with Gasteiger partial charge in [-0.15, -0.1) is 0 Å². The summed E-state index contributed by atoms with van der Waals surface area (Å²) in [5.41, 5.74) is 6.84. The number of aliphatic carboxylic acids is 1. The van der Waals surface area contributed by atoms with Gasteiger partial charge >= 0.3 is 5.97 Å². The molecule has 0 bridgehead atoms. The second-order valence-corrected chi connectivity index (χ2v) is 8.26. The van der Waals surface area contributed by atoms with Crippen LogP contribution in [0.5, 0.6) is 0 Å². The number of carboxylic acid groups (broad SMARTS) is 1. The van der Waals surface area contributed by atoms with Gasteiger partial charge in [0.05, 0.1) is 12.6 Å². The zero-order valence-corrected chi connectivity index (χ0v) is 17.9. The highest BCUT2D eigenvalue weighted by molar-refractivity contribution is 5.94. The molecule has 4 atom stereocenters. The summed E-state index contributed by atoms with van der Waals surface area (Å²) in [6.45, 7) is -0.00635. The number of rotatable bonds is 8. The number of likely N-dealkylation sites (tertiary alicyclic amines) is 2. The molecule has 2 heterocycles. The van der Waals surface area contributed by atoms with Gasteiger partial charge in [0, 0.05) is 13.1 Å². The number of carboxylic acids is 1. The molecular formula is C22H30N4O6. The van der Waals surface area contributed by atoms with E-state index in [1.165, 1.54) is 9.80 Å². The first kappa shape index (κ1) is 23.7. The Bertz CT molecular complexity index is 848. The number of aliphatic hydroxyl groups is 1. The van der Waals surface area contributed by atoms with Gasteiger partial charge in [0.2, 0.25) is 17.7 Å². The van der Waals surface area contributed by atoms with Crippen molar-refractivity contribution in [1.29, 1.82) is 0 Å². The number of carbonyl (C=O) groups is 4. The molecule has 5 N–H and O–H groups in total. The van der Waals surface area contributed by atoms with Gasteiger partial charge in [-0.1, -0.05) is 30.3 Å². The lowest BCUT2D eigenvalue weighted by Gasteiger charge is -2.32. The monoisotopic (exact) mass is 446 g/mol. The van der Waals surface area contributed by atoms with E-state index < -0.39 is 54.5 Å². The van der Waals surface area contributed by atoms with E-state index in [1.54, 1.807) is 0 Å². The predicted molar refractivity (Wildman–Crippen MR) is 114 cm³/mol. The van der Waals surface area contributed by atoms with E-state index in [9.17, 15) is 29.4 Å². The van der Waals surface area contributed by atoms with E-state index in [4.69, 9.17) is 5.73 Å². The van der Waals surface area contributed by atoms with E-state index in [2.05, 4.69) is 5.32 Å². The summed E-state index contributed by atoms with van der Waals surface area (Å²) in [5, 5.41) is 21.6. The molecular weight excluding hydrogens is 416 g/mol. The van der Waals surface area contributed by atoms with Crippen LogP contribution in [0.15, 0.2) is 30.3 Å². The molecule has 1 aromatic carbocycles. The molecule has 10 nitrogen and oxygen atoms in total. The molecule has 4 unspecified atom stereocenters. The minimum absolute atomic E-state index is 0.273. The first-order valence-electron chi connectivity index (χ1n) is 10.9. The Morgan fingerprint density at radius 1 is 1.03 bits per heavy atom. The molecule has 0 radical (unpaired) electrons. The van der Waals surface area contributed by atoms with Crippen LogP contribution in [-0.4, -0.2) is 87.6 Å². The van der Waals surface area contributed by atoms with Gasteiger partial charge < -0.3 is 31.1 Å². The van der Waals surface area contributed by atoms with E-state index in [1.807, 2.05) is 30.3 Å². The van der Waals surface area contributed by atoms with Gasteiger partial charge in [-0.25, -0.2) is 4.79 Å². The molecule has 1 aromatic rings. The fraction of sp³-hybridized carbons (Fsp3) is 0.545. The first-order chi connectivity index (χ1) is 15.3. The third-order valence-corrected chi connectivity index (χ3v) is 6.07. The second-order valence-electron chi connectivity index (χ2n) is 8.26. The van der Waals surface area contributed by atoms with Crippen LogP contribution in [-0.2, 0) is 25.6 Å². The summed E-state index contributed by atoms with van der Waals surface area (Å²) in [4.78, 5) is 52.7. The second kappa shape index (κ2) is 10.6. The van der Waals surface area contributed by atoms with Crippen LogP contribution in [0.25, 0.3) is 0 Å². The van der Waals surface area contributed by atoms with Gasteiger partial charge in [0.25, 0.3) is 0 Å². The van der Waals surface area contributed by atoms with Crippen molar-refractivity contribution in [1.82, 2.24) is 15.1 Å². The number of amides is 3. The molecule has 3 rings (SSSR count). The number of nitrogens with one attached hydrogen (secondary N) is 1. The first-order valence-corrected chi connectivity index (χ1v) is 10.9. The highest BCUT2D eigenvalue weighted by Crippen LogP contribution is 2.25. The maximum Gasteiger partial charge on any atom is 0.326 e. The molecule has 0 saturated carbocycles. The normalized spacial score (nSPS) is 22.4. The van der Waals surface area contributed by atoms with E-state index in [0.29, 0.717) is 38.8 Å². The molecule has 32 heavy (non-hydrogen) atoms. The summed E-state index contributed by atoms with van der Waals surface area (Å²) < 4.78 is 0. The van der Waals surface area contributed by atoms with Crippen LogP contribution in [0.3, 0.4) is 0 Å². The zero-order chi connectivity index (χ0) is 23.3. The van der Waals surface area contributed by atoms with Crippen molar-refractivity contribution in [2.75, 3.05) is 19.7 Å². The van der Waals surface area contributed by atoms with Crippen LogP contribution in [0.4, 0.5) is 0 Å². The quantitative estimate of drug-likeness (QED) is 0.404. The number of hydrogen-bond donors (Lipinski definition) is 4. The Hall–Kier alpha value is -2.98. The van der Waals surface area contributed by atoms with Crippen LogP contribution in [0.2, 0.25) is 0 Å². The van der Waals surface area contributed by atoms with Crippen LogP contribution >= 0.6 is 0 Å². The Kier molecular flexibility index (Phi) is 7.81. The van der Waals surface area contributed by atoms with Gasteiger partial charge in [0.1, 0.15) is 18.1 Å². The number of hydrogen-bond acceptors (Lipinski definition) is 6. The molecule has 2 aliphatic heterocycles. The van der Waals surface area contributed by atoms with E-state index in [0.717, 1.165) is 5.56 Å². The smallest absolute Gasteiger partial charge is 0.326 e. The molecule has 174 valence electrons. The van der Waals surface area contributed by atoms with E-state index in [-0.39, 0.29) is 6.42 Å². The van der Waals surface area contributed by atoms with Crippen LogP contribution in [0.1, 0.15) is 31.2 Å². The van der Waals surface area contributed by atoms with E-state index >= 15 is 0 Å². The average molecular weight is 447 g/mol. The molecule has 0 aliphatic carbocycles. The highest BCUT2D eigenvalue weighted by atomic mass is 16.4. The van der Waals surface area contributed by atoms with Crippen molar-refractivity contribution in [3.05, 3.63) is 35.9 Å². The molecule has 3 amide bonds. The lowest BCUT2D eigenvalue weighted by molar-refractivity contribution is -0.152. The van der Waals surface area contributed by atoms with Crippen molar-refractivity contribution in [3.8, 4) is 0 Å². The Balaban J connectivity index is 1.63. The fourth-order valence-electron chi connectivity index (χ4n) is 4.39. The minimum Gasteiger partial charge on any atom is -0.480 e. The number of benzene rings is 1. The molecule has 2 aliphatic rings. The van der Waals surface area contributed by atoms with Gasteiger partial charge in [-0.3, -0.25) is 14.4 Å². The number of aliphatic hydroxyl groups excluding tert-OH is 1. The molecule has 10 heteroatoms. The minimum atomic E-state index is -1.23. The third-order valence-electron chi connectivity index (χ3n) is 6.07. The standard InChI is InChI=1S/C22H30N4O6/c23-15(12-14-6-2-1-3-7-14)19(28)24-16(13-27)20(29)25-10-4-8-17(25)21(30)26-11-5-9-18(26)22(31)32/h1-3,6-7,15-18,27H,4-5,8-13,23H2,(H,24,28)(H,31,32). The van der Waals surface area contributed by atoms with Crippen molar-refractivity contribution in [3.63, 3.8) is 0 Å². The summed E-state index contributed by atoms with van der Waals surface area (Å²) in [6, 6.07) is 5.37. The van der Waals surface area contributed by atoms with Crippen molar-refractivity contribution in [2.45, 2.75) is 56.3 Å². The summed E-state index contributed by atoms with van der Waals surface area (Å²) in [6.07, 6.45) is 2.24. The number of nitrogens with two attached hydrogens (primary N) is 1.